The Morgan fingerprint density at radius 3 is 2.64 bits per heavy atom. The number of nitrogens with zero attached hydrogens (tertiary/aromatic N) is 1. The fourth-order valence-corrected chi connectivity index (χ4v) is 1.94. The van der Waals surface area contributed by atoms with Crippen LogP contribution in [-0.4, -0.2) is 22.7 Å². The lowest BCUT2D eigenvalue weighted by Crippen LogP contribution is -2.32. The molecule has 2 aromatic rings. The number of benzene rings is 1. The van der Waals surface area contributed by atoms with E-state index in [1.165, 1.54) is 13.1 Å². The fraction of sp³-hybridized carbons (Fsp3) is 0.188. The average molecular weight is 318 g/mol. The molecule has 1 atom stereocenters. The van der Waals surface area contributed by atoms with Gasteiger partial charge in [0.05, 0.1) is 5.02 Å². The maximum atomic E-state index is 12.1. The SMILES string of the molecule is CC(=O)c1cccc(NC(C)C(=O)Nc2ccc(Cl)cn2)c1. The zero-order chi connectivity index (χ0) is 16.1. The predicted octanol–water partition coefficient (Wildman–Crippen LogP) is 3.38. The summed E-state index contributed by atoms with van der Waals surface area (Å²) in [6.45, 7) is 3.23. The highest BCUT2D eigenvalue weighted by Gasteiger charge is 2.13. The Morgan fingerprint density at radius 2 is 2.00 bits per heavy atom. The Kier molecular flexibility index (Phi) is 5.12. The first-order chi connectivity index (χ1) is 10.5. The number of carbonyl (C=O) groups excluding carboxylic acids is 2. The maximum Gasteiger partial charge on any atom is 0.247 e. The van der Waals surface area contributed by atoms with E-state index in [9.17, 15) is 9.59 Å². The Labute approximate surface area is 133 Å². The van der Waals surface area contributed by atoms with Crippen LogP contribution in [0.3, 0.4) is 0 Å². The monoisotopic (exact) mass is 317 g/mol. The van der Waals surface area contributed by atoms with Gasteiger partial charge in [-0.2, -0.15) is 0 Å². The van der Waals surface area contributed by atoms with Crippen LogP contribution in [0.2, 0.25) is 5.02 Å². The van der Waals surface area contributed by atoms with Crippen LogP contribution in [0.4, 0.5) is 11.5 Å². The van der Waals surface area contributed by atoms with Gasteiger partial charge < -0.3 is 10.6 Å². The minimum atomic E-state index is -0.486. The normalized spacial score (nSPS) is 11.6. The Balaban J connectivity index is 2.00. The van der Waals surface area contributed by atoms with E-state index in [4.69, 9.17) is 11.6 Å². The van der Waals surface area contributed by atoms with E-state index in [2.05, 4.69) is 15.6 Å². The summed E-state index contributed by atoms with van der Waals surface area (Å²) in [6.07, 6.45) is 1.46. The minimum Gasteiger partial charge on any atom is -0.374 e. The number of Topliss-reactive ketones (excluding diaryl/α,β-unsaturated/α-hetero) is 1. The highest BCUT2D eigenvalue weighted by molar-refractivity contribution is 6.30. The van der Waals surface area contributed by atoms with Gasteiger partial charge in [-0.15, -0.1) is 0 Å². The average Bonchev–Trinajstić information content (AvgIpc) is 2.49. The largest absolute Gasteiger partial charge is 0.374 e. The lowest BCUT2D eigenvalue weighted by molar-refractivity contribution is -0.116. The van der Waals surface area contributed by atoms with Crippen LogP contribution in [-0.2, 0) is 4.79 Å². The van der Waals surface area contributed by atoms with Crippen molar-refractivity contribution >= 4 is 34.8 Å². The quantitative estimate of drug-likeness (QED) is 0.829. The Morgan fingerprint density at radius 1 is 1.23 bits per heavy atom. The molecule has 1 heterocycles. The zero-order valence-electron chi connectivity index (χ0n) is 12.3. The molecule has 0 fully saturated rings. The second kappa shape index (κ2) is 7.04. The number of hydrogen-bond acceptors (Lipinski definition) is 4. The van der Waals surface area contributed by atoms with E-state index < -0.39 is 6.04 Å². The van der Waals surface area contributed by atoms with Crippen LogP contribution in [0.15, 0.2) is 42.6 Å². The summed E-state index contributed by atoms with van der Waals surface area (Å²) >= 11 is 5.74. The summed E-state index contributed by atoms with van der Waals surface area (Å²) in [7, 11) is 0. The number of aromatic nitrogens is 1. The fourth-order valence-electron chi connectivity index (χ4n) is 1.83. The van der Waals surface area contributed by atoms with Gasteiger partial charge in [0.25, 0.3) is 0 Å². The first kappa shape index (κ1) is 16.0. The summed E-state index contributed by atoms with van der Waals surface area (Å²) in [5, 5.41) is 6.24. The Hall–Kier alpha value is -2.40. The molecule has 6 heteroatoms. The van der Waals surface area contributed by atoms with Gasteiger partial charge in [-0.3, -0.25) is 9.59 Å². The molecule has 1 amide bonds. The molecule has 0 aliphatic rings. The molecule has 0 bridgehead atoms. The first-order valence-corrected chi connectivity index (χ1v) is 7.13. The number of rotatable bonds is 5. The first-order valence-electron chi connectivity index (χ1n) is 6.75. The van der Waals surface area contributed by atoms with Crippen molar-refractivity contribution in [1.82, 2.24) is 4.98 Å². The van der Waals surface area contributed by atoms with Gasteiger partial charge in [-0.25, -0.2) is 4.98 Å². The number of nitrogens with one attached hydrogen (secondary N) is 2. The van der Waals surface area contributed by atoms with E-state index in [0.717, 1.165) is 0 Å². The third-order valence-corrected chi connectivity index (χ3v) is 3.25. The second-order valence-electron chi connectivity index (χ2n) is 4.85. The molecule has 1 aromatic carbocycles. The summed E-state index contributed by atoms with van der Waals surface area (Å²) in [6, 6.07) is 9.81. The van der Waals surface area contributed by atoms with E-state index >= 15 is 0 Å². The number of halogens is 1. The molecule has 0 aliphatic carbocycles. The number of amides is 1. The van der Waals surface area contributed by atoms with Crippen LogP contribution in [0.1, 0.15) is 24.2 Å². The molecule has 22 heavy (non-hydrogen) atoms. The highest BCUT2D eigenvalue weighted by atomic mass is 35.5. The second-order valence-corrected chi connectivity index (χ2v) is 5.29. The highest BCUT2D eigenvalue weighted by Crippen LogP contribution is 2.14. The van der Waals surface area contributed by atoms with Gasteiger partial charge in [-0.1, -0.05) is 23.7 Å². The third kappa shape index (κ3) is 4.30. The number of anilines is 2. The summed E-state index contributed by atoms with van der Waals surface area (Å²) in [4.78, 5) is 27.5. The third-order valence-electron chi connectivity index (χ3n) is 3.02. The molecule has 2 rings (SSSR count). The number of ketones is 1. The number of hydrogen-bond donors (Lipinski definition) is 2. The zero-order valence-corrected chi connectivity index (χ0v) is 13.0. The van der Waals surface area contributed by atoms with E-state index in [-0.39, 0.29) is 11.7 Å². The summed E-state index contributed by atoms with van der Waals surface area (Å²) in [5.41, 5.74) is 1.30. The summed E-state index contributed by atoms with van der Waals surface area (Å²) in [5.74, 6) is 0.176. The molecule has 0 saturated heterocycles. The van der Waals surface area contributed by atoms with Gasteiger partial charge in [0.15, 0.2) is 5.78 Å². The van der Waals surface area contributed by atoms with Gasteiger partial charge >= 0.3 is 0 Å². The summed E-state index contributed by atoms with van der Waals surface area (Å²) < 4.78 is 0. The molecular formula is C16H16ClN3O2. The van der Waals surface area contributed by atoms with Crippen molar-refractivity contribution in [1.29, 1.82) is 0 Å². The number of pyridine rings is 1. The Bertz CT molecular complexity index is 686. The van der Waals surface area contributed by atoms with E-state index in [1.807, 2.05) is 0 Å². The van der Waals surface area contributed by atoms with Crippen molar-refractivity contribution in [2.45, 2.75) is 19.9 Å². The van der Waals surface area contributed by atoms with Crippen LogP contribution in [0, 0.1) is 0 Å². The molecule has 0 saturated carbocycles. The standard InChI is InChI=1S/C16H16ClN3O2/c1-10(16(22)20-15-7-6-13(17)9-18-15)19-14-5-3-4-12(8-14)11(2)21/h3-10,19H,1-2H3,(H,18,20,22). The van der Waals surface area contributed by atoms with Crippen molar-refractivity contribution in [3.63, 3.8) is 0 Å². The topological polar surface area (TPSA) is 71.1 Å². The van der Waals surface area contributed by atoms with Crippen LogP contribution in [0.25, 0.3) is 0 Å². The predicted molar refractivity (Wildman–Crippen MR) is 87.4 cm³/mol. The van der Waals surface area contributed by atoms with Gasteiger partial charge in [0.2, 0.25) is 5.91 Å². The van der Waals surface area contributed by atoms with Gasteiger partial charge in [-0.05, 0) is 38.1 Å². The molecular weight excluding hydrogens is 302 g/mol. The van der Waals surface area contributed by atoms with Gasteiger partial charge in [0.1, 0.15) is 11.9 Å². The lowest BCUT2D eigenvalue weighted by atomic mass is 10.1. The van der Waals surface area contributed by atoms with Crippen molar-refractivity contribution in [2.24, 2.45) is 0 Å². The van der Waals surface area contributed by atoms with Crippen molar-refractivity contribution in [3.8, 4) is 0 Å². The van der Waals surface area contributed by atoms with Crippen molar-refractivity contribution in [3.05, 3.63) is 53.2 Å². The van der Waals surface area contributed by atoms with Crippen LogP contribution >= 0.6 is 11.6 Å². The van der Waals surface area contributed by atoms with E-state index in [1.54, 1.807) is 43.3 Å². The van der Waals surface area contributed by atoms with E-state index in [0.29, 0.717) is 22.1 Å². The van der Waals surface area contributed by atoms with Gasteiger partial charge in [0, 0.05) is 17.4 Å². The molecule has 0 spiro atoms. The molecule has 0 aliphatic heterocycles. The molecule has 114 valence electrons. The maximum absolute atomic E-state index is 12.1. The minimum absolute atomic E-state index is 0.0221. The molecule has 2 N–H and O–H groups in total. The van der Waals surface area contributed by atoms with Crippen LogP contribution < -0.4 is 10.6 Å². The van der Waals surface area contributed by atoms with Crippen molar-refractivity contribution < 1.29 is 9.59 Å². The molecule has 0 radical (unpaired) electrons. The lowest BCUT2D eigenvalue weighted by Gasteiger charge is -2.15. The smallest absolute Gasteiger partial charge is 0.247 e. The molecule has 5 nitrogen and oxygen atoms in total. The van der Waals surface area contributed by atoms with Crippen molar-refractivity contribution in [2.75, 3.05) is 10.6 Å². The van der Waals surface area contributed by atoms with Crippen LogP contribution in [0.5, 0.6) is 0 Å². The molecule has 1 aromatic heterocycles. The number of carbonyl (C=O) groups is 2. The molecule has 1 unspecified atom stereocenters.